The second-order valence-corrected chi connectivity index (χ2v) is 2.33. The minimum Gasteiger partial charge on any atom is -0.372 e. The summed E-state index contributed by atoms with van der Waals surface area (Å²) in [4.78, 5) is 8.16. The first-order valence-corrected chi connectivity index (χ1v) is 3.50. The van der Waals surface area contributed by atoms with Crippen LogP contribution in [-0.4, -0.2) is 17.0 Å². The van der Waals surface area contributed by atoms with Crippen LogP contribution in [0.25, 0.3) is 0 Å². The molecule has 1 unspecified atom stereocenters. The van der Waals surface area contributed by atoms with Gasteiger partial charge in [0, 0.05) is 25.5 Å². The van der Waals surface area contributed by atoms with Crippen LogP contribution >= 0.6 is 0 Å². The Morgan fingerprint density at radius 2 is 2.09 bits per heavy atom. The van der Waals surface area contributed by atoms with E-state index in [2.05, 4.69) is 15.3 Å². The van der Waals surface area contributed by atoms with Gasteiger partial charge in [-0.2, -0.15) is 0 Å². The van der Waals surface area contributed by atoms with Gasteiger partial charge in [0.05, 0.1) is 5.69 Å². The fraction of sp³-hybridized carbons (Fsp3) is 0.429. The van der Waals surface area contributed by atoms with Gasteiger partial charge in [0.1, 0.15) is 5.82 Å². The summed E-state index contributed by atoms with van der Waals surface area (Å²) in [5.74, 6) is 0.752. The predicted octanol–water partition coefficient (Wildman–Crippen LogP) is 0.538. The molecule has 60 valence electrons. The normalized spacial score (nSPS) is 12.6. The van der Waals surface area contributed by atoms with Gasteiger partial charge < -0.3 is 11.1 Å². The standard InChI is InChI=1S/C7H12N4/c1-5(8)6-7(9-2)11-4-3-10-6/h3-5H,8H2,1-2H3,(H,9,11). The minimum absolute atomic E-state index is 0.0776. The summed E-state index contributed by atoms with van der Waals surface area (Å²) in [6.45, 7) is 1.88. The van der Waals surface area contributed by atoms with Crippen molar-refractivity contribution in [3.8, 4) is 0 Å². The van der Waals surface area contributed by atoms with E-state index in [9.17, 15) is 0 Å². The van der Waals surface area contributed by atoms with Crippen molar-refractivity contribution < 1.29 is 0 Å². The molecule has 1 aromatic rings. The van der Waals surface area contributed by atoms with E-state index in [1.165, 1.54) is 0 Å². The van der Waals surface area contributed by atoms with Crippen LogP contribution in [0, 0.1) is 0 Å². The van der Waals surface area contributed by atoms with Gasteiger partial charge in [0.15, 0.2) is 0 Å². The fourth-order valence-corrected chi connectivity index (χ4v) is 0.875. The molecule has 0 aliphatic rings. The number of hydrogen-bond acceptors (Lipinski definition) is 4. The maximum atomic E-state index is 5.65. The van der Waals surface area contributed by atoms with Gasteiger partial charge >= 0.3 is 0 Å². The highest BCUT2D eigenvalue weighted by Crippen LogP contribution is 2.13. The summed E-state index contributed by atoms with van der Waals surface area (Å²) < 4.78 is 0. The number of nitrogens with one attached hydrogen (secondary N) is 1. The van der Waals surface area contributed by atoms with Gasteiger partial charge in [-0.15, -0.1) is 0 Å². The number of aromatic nitrogens is 2. The van der Waals surface area contributed by atoms with E-state index < -0.39 is 0 Å². The molecular weight excluding hydrogens is 140 g/mol. The van der Waals surface area contributed by atoms with Crippen LogP contribution in [0.5, 0.6) is 0 Å². The lowest BCUT2D eigenvalue weighted by molar-refractivity contribution is 0.775. The molecule has 0 fully saturated rings. The molecule has 0 aliphatic heterocycles. The Morgan fingerprint density at radius 1 is 1.45 bits per heavy atom. The molecule has 0 aliphatic carbocycles. The van der Waals surface area contributed by atoms with Gasteiger partial charge in [0.2, 0.25) is 0 Å². The van der Waals surface area contributed by atoms with Crippen molar-refractivity contribution in [2.24, 2.45) is 5.73 Å². The third kappa shape index (κ3) is 1.65. The highest BCUT2D eigenvalue weighted by atomic mass is 15.0. The first-order valence-electron chi connectivity index (χ1n) is 3.50. The lowest BCUT2D eigenvalue weighted by Gasteiger charge is -2.08. The molecule has 4 nitrogen and oxygen atoms in total. The lowest BCUT2D eigenvalue weighted by Crippen LogP contribution is -2.11. The van der Waals surface area contributed by atoms with Crippen LogP contribution in [0.3, 0.4) is 0 Å². The zero-order valence-corrected chi connectivity index (χ0v) is 6.70. The van der Waals surface area contributed by atoms with E-state index >= 15 is 0 Å². The molecule has 0 saturated carbocycles. The van der Waals surface area contributed by atoms with Crippen molar-refractivity contribution >= 4 is 5.82 Å². The van der Waals surface area contributed by atoms with Gasteiger partial charge in [0.25, 0.3) is 0 Å². The first-order chi connectivity index (χ1) is 5.25. The summed E-state index contributed by atoms with van der Waals surface area (Å²) in [6.07, 6.45) is 3.28. The topological polar surface area (TPSA) is 63.8 Å². The molecule has 0 aromatic carbocycles. The third-order valence-corrected chi connectivity index (χ3v) is 1.39. The number of anilines is 1. The molecule has 0 radical (unpaired) electrons. The van der Waals surface area contributed by atoms with E-state index in [1.54, 1.807) is 19.4 Å². The number of hydrogen-bond donors (Lipinski definition) is 2. The molecule has 1 rings (SSSR count). The Hall–Kier alpha value is -1.16. The Morgan fingerprint density at radius 3 is 2.55 bits per heavy atom. The van der Waals surface area contributed by atoms with Crippen LogP contribution in [-0.2, 0) is 0 Å². The summed E-state index contributed by atoms with van der Waals surface area (Å²) in [7, 11) is 1.80. The molecule has 0 amide bonds. The first kappa shape index (κ1) is 7.94. The second-order valence-electron chi connectivity index (χ2n) is 2.33. The average molecular weight is 152 g/mol. The summed E-state index contributed by atoms with van der Waals surface area (Å²) in [5, 5.41) is 2.92. The molecule has 0 bridgehead atoms. The van der Waals surface area contributed by atoms with Crippen molar-refractivity contribution in [2.45, 2.75) is 13.0 Å². The zero-order valence-electron chi connectivity index (χ0n) is 6.70. The largest absolute Gasteiger partial charge is 0.372 e. The summed E-state index contributed by atoms with van der Waals surface area (Å²) in [5.41, 5.74) is 6.45. The van der Waals surface area contributed by atoms with Crippen molar-refractivity contribution in [1.29, 1.82) is 0 Å². The van der Waals surface area contributed by atoms with Gasteiger partial charge in [-0.25, -0.2) is 4.98 Å². The van der Waals surface area contributed by atoms with Crippen molar-refractivity contribution in [2.75, 3.05) is 12.4 Å². The molecule has 0 saturated heterocycles. The molecule has 0 spiro atoms. The smallest absolute Gasteiger partial charge is 0.149 e. The minimum atomic E-state index is -0.0776. The third-order valence-electron chi connectivity index (χ3n) is 1.39. The molecule has 1 aromatic heterocycles. The number of nitrogens with two attached hydrogens (primary N) is 1. The SMILES string of the molecule is CNc1nccnc1C(C)N. The summed E-state index contributed by atoms with van der Waals surface area (Å²) >= 11 is 0. The fourth-order valence-electron chi connectivity index (χ4n) is 0.875. The van der Waals surface area contributed by atoms with Crippen LogP contribution in [0.4, 0.5) is 5.82 Å². The maximum Gasteiger partial charge on any atom is 0.149 e. The molecule has 4 heteroatoms. The Labute approximate surface area is 65.9 Å². The molecule has 11 heavy (non-hydrogen) atoms. The molecule has 3 N–H and O–H groups in total. The molecular formula is C7H12N4. The van der Waals surface area contributed by atoms with Gasteiger partial charge in [-0.3, -0.25) is 4.98 Å². The van der Waals surface area contributed by atoms with E-state index in [0.29, 0.717) is 0 Å². The van der Waals surface area contributed by atoms with E-state index in [1.807, 2.05) is 6.92 Å². The Bertz CT molecular complexity index is 234. The highest BCUT2D eigenvalue weighted by molar-refractivity contribution is 5.39. The van der Waals surface area contributed by atoms with E-state index in [4.69, 9.17) is 5.73 Å². The Balaban J connectivity index is 3.02. The van der Waals surface area contributed by atoms with Crippen LogP contribution < -0.4 is 11.1 Å². The van der Waals surface area contributed by atoms with Gasteiger partial charge in [-0.05, 0) is 6.92 Å². The molecule has 1 heterocycles. The van der Waals surface area contributed by atoms with E-state index in [-0.39, 0.29) is 6.04 Å². The van der Waals surface area contributed by atoms with Crippen LogP contribution in [0.2, 0.25) is 0 Å². The molecule has 1 atom stereocenters. The predicted molar refractivity (Wildman–Crippen MR) is 44.2 cm³/mol. The second kappa shape index (κ2) is 3.30. The van der Waals surface area contributed by atoms with Gasteiger partial charge in [-0.1, -0.05) is 0 Å². The van der Waals surface area contributed by atoms with Crippen molar-refractivity contribution in [3.05, 3.63) is 18.1 Å². The lowest BCUT2D eigenvalue weighted by atomic mass is 10.2. The summed E-state index contributed by atoms with van der Waals surface area (Å²) in [6, 6.07) is -0.0776. The zero-order chi connectivity index (χ0) is 8.27. The average Bonchev–Trinajstić information content (AvgIpc) is 2.04. The Kier molecular flexibility index (Phi) is 2.38. The quantitative estimate of drug-likeness (QED) is 0.649. The monoisotopic (exact) mass is 152 g/mol. The van der Waals surface area contributed by atoms with E-state index in [0.717, 1.165) is 11.5 Å². The maximum absolute atomic E-state index is 5.65. The number of nitrogens with zero attached hydrogens (tertiary/aromatic N) is 2. The number of rotatable bonds is 2. The van der Waals surface area contributed by atoms with Crippen LogP contribution in [0.1, 0.15) is 18.7 Å². The van der Waals surface area contributed by atoms with Crippen LogP contribution in [0.15, 0.2) is 12.4 Å². The van der Waals surface area contributed by atoms with Crippen molar-refractivity contribution in [3.63, 3.8) is 0 Å². The van der Waals surface area contributed by atoms with Crippen molar-refractivity contribution in [1.82, 2.24) is 9.97 Å². The highest BCUT2D eigenvalue weighted by Gasteiger charge is 2.06.